The number of anilines is 2. The van der Waals surface area contributed by atoms with Crippen molar-refractivity contribution in [2.24, 2.45) is 0 Å². The molecule has 0 aromatic heterocycles. The van der Waals surface area contributed by atoms with E-state index in [2.05, 4.69) is 26.6 Å². The number of halogens is 1. The second kappa shape index (κ2) is 10.3. The van der Waals surface area contributed by atoms with Gasteiger partial charge in [0.05, 0.1) is 11.4 Å². The van der Waals surface area contributed by atoms with Crippen LogP contribution in [0.5, 0.6) is 0 Å². The average Bonchev–Trinajstić information content (AvgIpc) is 2.74. The second-order valence-electron chi connectivity index (χ2n) is 6.06. The minimum absolute atomic E-state index is 0.141. The number of hydrogen-bond acceptors (Lipinski definition) is 4. The van der Waals surface area contributed by atoms with Gasteiger partial charge in [-0.1, -0.05) is 76.6 Å². The van der Waals surface area contributed by atoms with Gasteiger partial charge in [0.1, 0.15) is 13.2 Å². The number of benzene rings is 3. The molecule has 3 aromatic carbocycles. The van der Waals surface area contributed by atoms with Gasteiger partial charge in [-0.05, 0) is 29.3 Å². The molecule has 3 rings (SSSR count). The van der Waals surface area contributed by atoms with Gasteiger partial charge in [0.15, 0.2) is 0 Å². The highest BCUT2D eigenvalue weighted by molar-refractivity contribution is 9.10. The van der Waals surface area contributed by atoms with E-state index in [0.29, 0.717) is 11.4 Å². The normalized spacial score (nSPS) is 10.1. The molecule has 0 aliphatic heterocycles. The fourth-order valence-corrected chi connectivity index (χ4v) is 2.83. The first-order chi connectivity index (χ1) is 14.1. The largest absolute Gasteiger partial charge is 0.444 e. The molecule has 0 radical (unpaired) electrons. The predicted molar refractivity (Wildman–Crippen MR) is 115 cm³/mol. The van der Waals surface area contributed by atoms with Crippen LogP contribution >= 0.6 is 15.9 Å². The highest BCUT2D eigenvalue weighted by Crippen LogP contribution is 2.26. The van der Waals surface area contributed by atoms with Gasteiger partial charge in [0.2, 0.25) is 0 Å². The van der Waals surface area contributed by atoms with E-state index >= 15 is 0 Å². The van der Waals surface area contributed by atoms with Crippen molar-refractivity contribution in [1.82, 2.24) is 0 Å². The van der Waals surface area contributed by atoms with E-state index in [9.17, 15) is 9.59 Å². The summed E-state index contributed by atoms with van der Waals surface area (Å²) in [7, 11) is 0. The van der Waals surface area contributed by atoms with E-state index in [0.717, 1.165) is 15.6 Å². The molecule has 0 bridgehead atoms. The molecular weight excluding hydrogens is 436 g/mol. The zero-order valence-electron chi connectivity index (χ0n) is 15.4. The molecule has 7 heteroatoms. The van der Waals surface area contributed by atoms with Gasteiger partial charge < -0.3 is 9.47 Å². The number of carbonyl (C=O) groups is 2. The number of nitrogens with one attached hydrogen (secondary N) is 2. The summed E-state index contributed by atoms with van der Waals surface area (Å²) in [5.41, 5.74) is 2.53. The van der Waals surface area contributed by atoms with E-state index in [1.165, 1.54) is 0 Å². The zero-order valence-corrected chi connectivity index (χ0v) is 17.0. The summed E-state index contributed by atoms with van der Waals surface area (Å²) in [5.74, 6) is 0. The molecule has 0 saturated heterocycles. The lowest BCUT2D eigenvalue weighted by atomic mass is 10.2. The van der Waals surface area contributed by atoms with Crippen LogP contribution in [0.2, 0.25) is 0 Å². The van der Waals surface area contributed by atoms with Crippen molar-refractivity contribution >= 4 is 39.5 Å². The summed E-state index contributed by atoms with van der Waals surface area (Å²) in [5, 5.41) is 5.27. The van der Waals surface area contributed by atoms with Crippen LogP contribution in [0.1, 0.15) is 11.1 Å². The maximum atomic E-state index is 12.2. The van der Waals surface area contributed by atoms with Gasteiger partial charge in [0, 0.05) is 4.47 Å². The first-order valence-corrected chi connectivity index (χ1v) is 9.64. The van der Waals surface area contributed by atoms with Crippen LogP contribution in [0.15, 0.2) is 83.3 Å². The minimum Gasteiger partial charge on any atom is -0.444 e. The van der Waals surface area contributed by atoms with E-state index in [4.69, 9.17) is 9.47 Å². The Labute approximate surface area is 177 Å². The lowest BCUT2D eigenvalue weighted by Crippen LogP contribution is -2.18. The topological polar surface area (TPSA) is 76.7 Å². The van der Waals surface area contributed by atoms with E-state index < -0.39 is 12.2 Å². The maximum Gasteiger partial charge on any atom is 0.412 e. The van der Waals surface area contributed by atoms with Gasteiger partial charge in [-0.2, -0.15) is 0 Å². The molecule has 6 nitrogen and oxygen atoms in total. The summed E-state index contributed by atoms with van der Waals surface area (Å²) < 4.78 is 11.2. The van der Waals surface area contributed by atoms with Crippen LogP contribution in [0, 0.1) is 0 Å². The fourth-order valence-electron chi connectivity index (χ4n) is 2.47. The van der Waals surface area contributed by atoms with Crippen LogP contribution in [0.25, 0.3) is 0 Å². The Hall–Kier alpha value is -3.32. The number of carbonyl (C=O) groups excluding carboxylic acids is 2. The summed E-state index contributed by atoms with van der Waals surface area (Å²) >= 11 is 3.35. The summed E-state index contributed by atoms with van der Waals surface area (Å²) in [6, 6.07) is 23.8. The molecule has 0 aliphatic carbocycles. The Balaban J connectivity index is 1.58. The van der Waals surface area contributed by atoms with Crippen LogP contribution in [0.4, 0.5) is 21.0 Å². The lowest BCUT2D eigenvalue weighted by molar-refractivity contribution is 0.154. The number of rotatable bonds is 6. The molecule has 29 heavy (non-hydrogen) atoms. The SMILES string of the molecule is O=C(Nc1ccc(Br)cc1NC(=O)OCc1ccccc1)OCc1ccccc1. The van der Waals surface area contributed by atoms with Gasteiger partial charge in [-0.25, -0.2) is 9.59 Å². The third-order valence-electron chi connectivity index (χ3n) is 3.88. The Bertz CT molecular complexity index is 965. The molecule has 148 valence electrons. The van der Waals surface area contributed by atoms with Crippen LogP contribution in [-0.4, -0.2) is 12.2 Å². The Kier molecular flexibility index (Phi) is 7.24. The monoisotopic (exact) mass is 454 g/mol. The molecule has 0 aliphatic rings. The second-order valence-corrected chi connectivity index (χ2v) is 6.98. The van der Waals surface area contributed by atoms with Crippen molar-refractivity contribution < 1.29 is 19.1 Å². The maximum absolute atomic E-state index is 12.2. The standard InChI is InChI=1S/C22H19BrN2O4/c23-18-11-12-19(24-21(26)28-14-16-7-3-1-4-8-16)20(13-18)25-22(27)29-15-17-9-5-2-6-10-17/h1-13H,14-15H2,(H,24,26)(H,25,27). The zero-order chi connectivity index (χ0) is 20.5. The van der Waals surface area contributed by atoms with Crippen LogP contribution in [-0.2, 0) is 22.7 Å². The van der Waals surface area contributed by atoms with Crippen molar-refractivity contribution in [1.29, 1.82) is 0 Å². The minimum atomic E-state index is -0.632. The summed E-state index contributed by atoms with van der Waals surface area (Å²) in [4.78, 5) is 24.3. The molecule has 2 amide bonds. The van der Waals surface area contributed by atoms with Gasteiger partial charge in [-0.3, -0.25) is 10.6 Å². The lowest BCUT2D eigenvalue weighted by Gasteiger charge is -2.13. The van der Waals surface area contributed by atoms with Gasteiger partial charge in [-0.15, -0.1) is 0 Å². The van der Waals surface area contributed by atoms with Crippen molar-refractivity contribution in [3.05, 3.63) is 94.5 Å². The smallest absolute Gasteiger partial charge is 0.412 e. The molecule has 0 atom stereocenters. The molecule has 0 heterocycles. The first kappa shape index (κ1) is 20.4. The summed E-state index contributed by atoms with van der Waals surface area (Å²) in [6.45, 7) is 0.285. The van der Waals surface area contributed by atoms with E-state index in [1.807, 2.05) is 60.7 Å². The number of ether oxygens (including phenoxy) is 2. The highest BCUT2D eigenvalue weighted by atomic mass is 79.9. The van der Waals surface area contributed by atoms with E-state index in [-0.39, 0.29) is 13.2 Å². The Morgan fingerprint density at radius 1 is 0.690 bits per heavy atom. The van der Waals surface area contributed by atoms with Crippen molar-refractivity contribution in [2.45, 2.75) is 13.2 Å². The highest BCUT2D eigenvalue weighted by Gasteiger charge is 2.12. The first-order valence-electron chi connectivity index (χ1n) is 8.85. The molecule has 0 unspecified atom stereocenters. The molecule has 3 aromatic rings. The van der Waals surface area contributed by atoms with Crippen LogP contribution < -0.4 is 10.6 Å². The van der Waals surface area contributed by atoms with Crippen molar-refractivity contribution in [3.63, 3.8) is 0 Å². The molecule has 0 saturated carbocycles. The third kappa shape index (κ3) is 6.65. The average molecular weight is 455 g/mol. The van der Waals surface area contributed by atoms with Gasteiger partial charge >= 0.3 is 12.2 Å². The Morgan fingerprint density at radius 3 is 1.69 bits per heavy atom. The predicted octanol–water partition coefficient (Wildman–Crippen LogP) is 5.95. The summed E-state index contributed by atoms with van der Waals surface area (Å²) in [6.07, 6.45) is -1.26. The molecular formula is C22H19BrN2O4. The van der Waals surface area contributed by atoms with Crippen molar-refractivity contribution in [2.75, 3.05) is 10.6 Å². The third-order valence-corrected chi connectivity index (χ3v) is 4.37. The van der Waals surface area contributed by atoms with E-state index in [1.54, 1.807) is 18.2 Å². The number of amides is 2. The molecule has 2 N–H and O–H groups in total. The Morgan fingerprint density at radius 2 is 1.17 bits per heavy atom. The number of hydrogen-bond donors (Lipinski definition) is 2. The van der Waals surface area contributed by atoms with Gasteiger partial charge in [0.25, 0.3) is 0 Å². The molecule has 0 spiro atoms. The quantitative estimate of drug-likeness (QED) is 0.482. The van der Waals surface area contributed by atoms with Crippen LogP contribution in [0.3, 0.4) is 0 Å². The van der Waals surface area contributed by atoms with Crippen molar-refractivity contribution in [3.8, 4) is 0 Å². The molecule has 0 fully saturated rings. The fraction of sp³-hybridized carbons (Fsp3) is 0.0909.